The van der Waals surface area contributed by atoms with E-state index >= 15 is 0 Å². The topological polar surface area (TPSA) is 84.7 Å². The van der Waals surface area contributed by atoms with Crippen LogP contribution in [0.15, 0.2) is 0 Å². The van der Waals surface area contributed by atoms with E-state index in [-0.39, 0.29) is 18.4 Å². The second kappa shape index (κ2) is 8.11. The van der Waals surface area contributed by atoms with Crippen LogP contribution >= 0.6 is 12.2 Å². The summed E-state index contributed by atoms with van der Waals surface area (Å²) < 4.78 is 31.4. The van der Waals surface area contributed by atoms with Gasteiger partial charge in [0.25, 0.3) is 0 Å². The average Bonchev–Trinajstić information content (AvgIpc) is 2.31. The molecule has 0 spiro atoms. The fourth-order valence-corrected chi connectivity index (χ4v) is 3.44. The molecule has 112 valence electrons. The van der Waals surface area contributed by atoms with Crippen molar-refractivity contribution in [3.05, 3.63) is 0 Å². The zero-order valence-electron chi connectivity index (χ0n) is 11.3. The van der Waals surface area contributed by atoms with Crippen LogP contribution in [0.3, 0.4) is 0 Å². The van der Waals surface area contributed by atoms with Gasteiger partial charge in [-0.05, 0) is 19.8 Å². The summed E-state index contributed by atoms with van der Waals surface area (Å²) in [6.45, 7) is 4.86. The second-order valence-electron chi connectivity index (χ2n) is 4.65. The molecule has 8 heteroatoms. The van der Waals surface area contributed by atoms with Gasteiger partial charge < -0.3 is 10.5 Å². The first-order chi connectivity index (χ1) is 8.93. The predicted molar refractivity (Wildman–Crippen MR) is 79.7 cm³/mol. The average molecular weight is 309 g/mol. The van der Waals surface area contributed by atoms with Crippen LogP contribution in [-0.2, 0) is 14.8 Å². The third kappa shape index (κ3) is 7.17. The SMILES string of the molecule is CCOCCS(=O)(=O)NC1CCN(CC(N)=S)CC1. The molecule has 1 aliphatic rings. The van der Waals surface area contributed by atoms with Gasteiger partial charge in [-0.25, -0.2) is 13.1 Å². The van der Waals surface area contributed by atoms with Gasteiger partial charge in [-0.15, -0.1) is 0 Å². The first-order valence-corrected chi connectivity index (χ1v) is 8.57. The smallest absolute Gasteiger partial charge is 0.214 e. The molecule has 0 unspecified atom stereocenters. The minimum absolute atomic E-state index is 0.00854. The summed E-state index contributed by atoms with van der Waals surface area (Å²) in [7, 11) is -3.24. The van der Waals surface area contributed by atoms with Crippen molar-refractivity contribution in [2.24, 2.45) is 5.73 Å². The number of thiocarbonyl (C=S) groups is 1. The Hall–Kier alpha value is -0.280. The highest BCUT2D eigenvalue weighted by Gasteiger charge is 2.23. The number of nitrogens with two attached hydrogens (primary N) is 1. The number of hydrogen-bond acceptors (Lipinski definition) is 5. The number of nitrogens with one attached hydrogen (secondary N) is 1. The van der Waals surface area contributed by atoms with Crippen LogP contribution in [0.25, 0.3) is 0 Å². The lowest BCUT2D eigenvalue weighted by Gasteiger charge is -2.31. The van der Waals surface area contributed by atoms with Gasteiger partial charge in [-0.2, -0.15) is 0 Å². The van der Waals surface area contributed by atoms with Crippen molar-refractivity contribution >= 4 is 27.2 Å². The molecule has 1 heterocycles. The first kappa shape index (κ1) is 16.8. The normalized spacial score (nSPS) is 18.6. The Labute approximate surface area is 120 Å². The van der Waals surface area contributed by atoms with Gasteiger partial charge in [-0.3, -0.25) is 4.90 Å². The molecule has 1 aliphatic heterocycles. The Bertz CT molecular complexity index is 379. The van der Waals surface area contributed by atoms with Crippen LogP contribution in [0, 0.1) is 0 Å². The van der Waals surface area contributed by atoms with Crippen molar-refractivity contribution in [3.8, 4) is 0 Å². The number of sulfonamides is 1. The molecule has 0 aromatic heterocycles. The van der Waals surface area contributed by atoms with Gasteiger partial charge in [0.2, 0.25) is 10.0 Å². The Morgan fingerprint density at radius 1 is 1.47 bits per heavy atom. The van der Waals surface area contributed by atoms with E-state index in [4.69, 9.17) is 22.7 Å². The fourth-order valence-electron chi connectivity index (χ4n) is 2.06. The molecule has 1 saturated heterocycles. The maximum atomic E-state index is 11.8. The molecule has 19 heavy (non-hydrogen) atoms. The van der Waals surface area contributed by atoms with Gasteiger partial charge in [0.1, 0.15) is 0 Å². The predicted octanol–water partition coefficient (Wildman–Crippen LogP) is -0.307. The Morgan fingerprint density at radius 3 is 2.63 bits per heavy atom. The van der Waals surface area contributed by atoms with Gasteiger partial charge in [0.05, 0.1) is 17.3 Å². The van der Waals surface area contributed by atoms with E-state index in [2.05, 4.69) is 9.62 Å². The molecule has 0 saturated carbocycles. The van der Waals surface area contributed by atoms with E-state index < -0.39 is 10.0 Å². The summed E-state index contributed by atoms with van der Waals surface area (Å²) in [4.78, 5) is 2.63. The number of likely N-dealkylation sites (tertiary alicyclic amines) is 1. The molecular weight excluding hydrogens is 286 g/mol. The largest absolute Gasteiger partial charge is 0.392 e. The first-order valence-electron chi connectivity index (χ1n) is 6.51. The third-order valence-electron chi connectivity index (χ3n) is 3.01. The van der Waals surface area contributed by atoms with Crippen LogP contribution in [0.1, 0.15) is 19.8 Å². The van der Waals surface area contributed by atoms with Crippen LogP contribution < -0.4 is 10.5 Å². The van der Waals surface area contributed by atoms with Crippen LogP contribution in [0.5, 0.6) is 0 Å². The molecule has 3 N–H and O–H groups in total. The monoisotopic (exact) mass is 309 g/mol. The van der Waals surface area contributed by atoms with Crippen molar-refractivity contribution < 1.29 is 13.2 Å². The maximum Gasteiger partial charge on any atom is 0.214 e. The summed E-state index contributed by atoms with van der Waals surface area (Å²) in [6.07, 6.45) is 1.58. The Balaban J connectivity index is 2.30. The molecule has 0 aromatic carbocycles. The molecule has 0 radical (unpaired) electrons. The number of rotatable bonds is 8. The summed E-state index contributed by atoms with van der Waals surface area (Å²) in [5, 5.41) is 0. The number of nitrogens with zero attached hydrogens (tertiary/aromatic N) is 1. The summed E-state index contributed by atoms with van der Waals surface area (Å²) in [5.41, 5.74) is 5.49. The van der Waals surface area contributed by atoms with E-state index in [1.54, 1.807) is 0 Å². The highest BCUT2D eigenvalue weighted by molar-refractivity contribution is 7.89. The molecule has 0 aliphatic carbocycles. The summed E-state index contributed by atoms with van der Waals surface area (Å²) >= 11 is 4.86. The minimum atomic E-state index is -3.24. The van der Waals surface area contributed by atoms with Crippen molar-refractivity contribution in [1.82, 2.24) is 9.62 Å². The van der Waals surface area contributed by atoms with Crippen molar-refractivity contribution in [2.75, 3.05) is 38.6 Å². The van der Waals surface area contributed by atoms with E-state index in [0.717, 1.165) is 25.9 Å². The minimum Gasteiger partial charge on any atom is -0.392 e. The molecule has 1 rings (SSSR count). The van der Waals surface area contributed by atoms with E-state index in [1.807, 2.05) is 6.92 Å². The van der Waals surface area contributed by atoms with E-state index in [0.29, 0.717) is 18.1 Å². The van der Waals surface area contributed by atoms with Gasteiger partial charge in [0, 0.05) is 32.3 Å². The highest BCUT2D eigenvalue weighted by atomic mass is 32.2. The molecule has 1 fully saturated rings. The van der Waals surface area contributed by atoms with Crippen molar-refractivity contribution in [3.63, 3.8) is 0 Å². The van der Waals surface area contributed by atoms with E-state index in [1.165, 1.54) is 0 Å². The van der Waals surface area contributed by atoms with Gasteiger partial charge in [-0.1, -0.05) is 12.2 Å². The highest BCUT2D eigenvalue weighted by Crippen LogP contribution is 2.11. The lowest BCUT2D eigenvalue weighted by Crippen LogP contribution is -2.47. The maximum absolute atomic E-state index is 11.8. The molecule has 0 aromatic rings. The molecule has 0 atom stereocenters. The number of hydrogen-bond donors (Lipinski definition) is 2. The van der Waals surface area contributed by atoms with E-state index in [9.17, 15) is 8.42 Å². The summed E-state index contributed by atoms with van der Waals surface area (Å²) in [6, 6.07) is 0.00854. The standard InChI is InChI=1S/C11H23N3O3S2/c1-2-17-7-8-19(15,16)13-10-3-5-14(6-4-10)9-11(12)18/h10,13H,2-9H2,1H3,(H2,12,18). The number of piperidine rings is 1. The summed E-state index contributed by atoms with van der Waals surface area (Å²) in [5.74, 6) is 0.0218. The van der Waals surface area contributed by atoms with Crippen molar-refractivity contribution in [2.45, 2.75) is 25.8 Å². The zero-order valence-corrected chi connectivity index (χ0v) is 12.9. The fraction of sp³-hybridized carbons (Fsp3) is 0.909. The van der Waals surface area contributed by atoms with Crippen molar-refractivity contribution in [1.29, 1.82) is 0 Å². The lowest BCUT2D eigenvalue weighted by atomic mass is 10.1. The Morgan fingerprint density at radius 2 is 2.11 bits per heavy atom. The lowest BCUT2D eigenvalue weighted by molar-refractivity contribution is 0.163. The van der Waals surface area contributed by atoms with Crippen LogP contribution in [-0.4, -0.2) is 62.9 Å². The number of ether oxygens (including phenoxy) is 1. The van der Waals surface area contributed by atoms with Gasteiger partial charge >= 0.3 is 0 Å². The molecule has 0 amide bonds. The van der Waals surface area contributed by atoms with Gasteiger partial charge in [0.15, 0.2) is 0 Å². The zero-order chi connectivity index (χ0) is 14.3. The second-order valence-corrected chi connectivity index (χ2v) is 7.05. The molecule has 6 nitrogen and oxygen atoms in total. The molecule has 0 bridgehead atoms. The van der Waals surface area contributed by atoms with Crippen LogP contribution in [0.4, 0.5) is 0 Å². The molecular formula is C11H23N3O3S2. The quantitative estimate of drug-likeness (QED) is 0.473. The Kier molecular flexibility index (Phi) is 7.16. The van der Waals surface area contributed by atoms with Crippen LogP contribution in [0.2, 0.25) is 0 Å². The third-order valence-corrected chi connectivity index (χ3v) is 4.54.